The predicted molar refractivity (Wildman–Crippen MR) is 116 cm³/mol. The molecule has 5 heteroatoms. The molecule has 1 N–H and O–H groups in total. The zero-order valence-electron chi connectivity index (χ0n) is 16.7. The molecule has 1 aromatic rings. The number of carbonyl (C=O) groups excluding carboxylic acids is 1. The Balaban J connectivity index is 1.90. The summed E-state index contributed by atoms with van der Waals surface area (Å²) < 4.78 is 5.58. The smallest absolute Gasteiger partial charge is 0.220 e. The van der Waals surface area contributed by atoms with Crippen LogP contribution in [0.2, 0.25) is 10.0 Å². The van der Waals surface area contributed by atoms with Gasteiger partial charge in [0.15, 0.2) is 0 Å². The van der Waals surface area contributed by atoms with Gasteiger partial charge in [-0.15, -0.1) is 0 Å². The van der Waals surface area contributed by atoms with Crippen LogP contribution in [0.25, 0.3) is 0 Å². The van der Waals surface area contributed by atoms with Crippen molar-refractivity contribution in [2.75, 3.05) is 13.2 Å². The second kappa shape index (κ2) is 16.1. The summed E-state index contributed by atoms with van der Waals surface area (Å²) in [6.45, 7) is 3.50. The molecule has 0 bridgehead atoms. The van der Waals surface area contributed by atoms with E-state index < -0.39 is 0 Å². The van der Waals surface area contributed by atoms with E-state index >= 15 is 0 Å². The molecule has 0 atom stereocenters. The zero-order valence-corrected chi connectivity index (χ0v) is 18.2. The molecule has 0 saturated heterocycles. The monoisotopic (exact) mass is 415 g/mol. The number of benzene rings is 1. The Kier molecular flexibility index (Phi) is 14.3. The quantitative estimate of drug-likeness (QED) is 0.290. The first-order valence-corrected chi connectivity index (χ1v) is 11.2. The van der Waals surface area contributed by atoms with Gasteiger partial charge in [0.2, 0.25) is 5.91 Å². The highest BCUT2D eigenvalue weighted by atomic mass is 35.5. The maximum absolute atomic E-state index is 11.8. The molecule has 1 aromatic carbocycles. The van der Waals surface area contributed by atoms with E-state index in [0.29, 0.717) is 35.2 Å². The molecule has 1 amide bonds. The number of hydrogen-bond donors (Lipinski definition) is 1. The highest BCUT2D eigenvalue weighted by molar-refractivity contribution is 6.35. The number of unbranched alkanes of at least 4 members (excludes halogenated alkanes) is 9. The van der Waals surface area contributed by atoms with Crippen LogP contribution in [0.4, 0.5) is 0 Å². The topological polar surface area (TPSA) is 38.3 Å². The first kappa shape index (κ1) is 24.1. The second-order valence-electron chi connectivity index (χ2n) is 7.06. The van der Waals surface area contributed by atoms with Gasteiger partial charge in [0.25, 0.3) is 0 Å². The first-order chi connectivity index (χ1) is 13.1. The van der Waals surface area contributed by atoms with Gasteiger partial charge in [-0.2, -0.15) is 0 Å². The Morgan fingerprint density at radius 1 is 0.926 bits per heavy atom. The zero-order chi connectivity index (χ0) is 19.7. The largest absolute Gasteiger partial charge is 0.492 e. The van der Waals surface area contributed by atoms with E-state index in [0.717, 1.165) is 13.0 Å². The molecule has 0 saturated carbocycles. The summed E-state index contributed by atoms with van der Waals surface area (Å²) in [6, 6.07) is 5.13. The summed E-state index contributed by atoms with van der Waals surface area (Å²) in [5.74, 6) is 0.698. The van der Waals surface area contributed by atoms with Crippen LogP contribution in [0.15, 0.2) is 18.2 Å². The summed E-state index contributed by atoms with van der Waals surface area (Å²) in [6.07, 6.45) is 14.2. The standard InChI is InChI=1S/C22H35Cl2NO2/c1-2-3-4-5-6-7-8-9-10-11-16-25-22(26)13-12-17-27-21-15-14-19(23)18-20(21)24/h14-15,18H,2-13,16-17H2,1H3,(H,25,26). The Labute approximate surface area is 175 Å². The summed E-state index contributed by atoms with van der Waals surface area (Å²) in [5, 5.41) is 4.06. The second-order valence-corrected chi connectivity index (χ2v) is 7.90. The molecule has 27 heavy (non-hydrogen) atoms. The van der Waals surface area contributed by atoms with Gasteiger partial charge in [-0.05, 0) is 31.0 Å². The van der Waals surface area contributed by atoms with Gasteiger partial charge < -0.3 is 10.1 Å². The average Bonchev–Trinajstić information content (AvgIpc) is 2.64. The Bertz CT molecular complexity index is 523. The van der Waals surface area contributed by atoms with Crippen LogP contribution in [0.3, 0.4) is 0 Å². The molecule has 1 rings (SSSR count). The maximum atomic E-state index is 11.8. The van der Waals surface area contributed by atoms with E-state index in [-0.39, 0.29) is 5.91 Å². The number of amides is 1. The maximum Gasteiger partial charge on any atom is 0.220 e. The minimum atomic E-state index is 0.0942. The Morgan fingerprint density at radius 2 is 1.56 bits per heavy atom. The number of halogens is 2. The number of ether oxygens (including phenoxy) is 1. The number of rotatable bonds is 16. The van der Waals surface area contributed by atoms with Crippen molar-refractivity contribution >= 4 is 29.1 Å². The van der Waals surface area contributed by atoms with E-state index in [1.54, 1.807) is 18.2 Å². The summed E-state index contributed by atoms with van der Waals surface area (Å²) in [5.41, 5.74) is 0. The molecule has 0 aliphatic heterocycles. The highest BCUT2D eigenvalue weighted by Crippen LogP contribution is 2.27. The van der Waals surface area contributed by atoms with Gasteiger partial charge in [-0.3, -0.25) is 4.79 Å². The van der Waals surface area contributed by atoms with Gasteiger partial charge >= 0.3 is 0 Å². The lowest BCUT2D eigenvalue weighted by molar-refractivity contribution is -0.121. The fraction of sp³-hybridized carbons (Fsp3) is 0.682. The summed E-state index contributed by atoms with van der Waals surface area (Å²) >= 11 is 11.9. The van der Waals surface area contributed by atoms with E-state index in [1.807, 2.05) is 0 Å². The molecule has 0 aliphatic rings. The van der Waals surface area contributed by atoms with Crippen LogP contribution in [0, 0.1) is 0 Å². The molecule has 0 spiro atoms. The Hall–Kier alpha value is -0.930. The number of carbonyl (C=O) groups is 1. The Morgan fingerprint density at radius 3 is 2.19 bits per heavy atom. The van der Waals surface area contributed by atoms with Crippen LogP contribution in [0.1, 0.15) is 84.0 Å². The molecule has 0 unspecified atom stereocenters. The SMILES string of the molecule is CCCCCCCCCCCCNC(=O)CCCOc1ccc(Cl)cc1Cl. The van der Waals surface area contributed by atoms with Crippen LogP contribution in [0.5, 0.6) is 5.75 Å². The molecule has 0 heterocycles. The van der Waals surface area contributed by atoms with Crippen LogP contribution in [-0.4, -0.2) is 19.1 Å². The van der Waals surface area contributed by atoms with Crippen molar-refractivity contribution in [3.8, 4) is 5.75 Å². The van der Waals surface area contributed by atoms with E-state index in [9.17, 15) is 4.79 Å². The third-order valence-electron chi connectivity index (χ3n) is 4.55. The molecule has 154 valence electrons. The van der Waals surface area contributed by atoms with Gasteiger partial charge in [-0.1, -0.05) is 87.9 Å². The van der Waals surface area contributed by atoms with Crippen molar-refractivity contribution in [3.05, 3.63) is 28.2 Å². The highest BCUT2D eigenvalue weighted by Gasteiger charge is 2.04. The third kappa shape index (κ3) is 13.0. The van der Waals surface area contributed by atoms with Crippen molar-refractivity contribution in [2.45, 2.75) is 84.0 Å². The van der Waals surface area contributed by atoms with Gasteiger partial charge in [0.05, 0.1) is 11.6 Å². The van der Waals surface area contributed by atoms with Crippen molar-refractivity contribution in [3.63, 3.8) is 0 Å². The summed E-state index contributed by atoms with van der Waals surface area (Å²) in [4.78, 5) is 11.8. The van der Waals surface area contributed by atoms with Crippen LogP contribution in [-0.2, 0) is 4.79 Å². The molecule has 0 fully saturated rings. The fourth-order valence-corrected chi connectivity index (χ4v) is 3.40. The van der Waals surface area contributed by atoms with Gasteiger partial charge in [0, 0.05) is 18.0 Å². The minimum Gasteiger partial charge on any atom is -0.492 e. The van der Waals surface area contributed by atoms with E-state index in [4.69, 9.17) is 27.9 Å². The van der Waals surface area contributed by atoms with E-state index in [1.165, 1.54) is 57.8 Å². The average molecular weight is 416 g/mol. The van der Waals surface area contributed by atoms with Crippen LogP contribution >= 0.6 is 23.2 Å². The summed E-state index contributed by atoms with van der Waals surface area (Å²) in [7, 11) is 0. The molecule has 0 radical (unpaired) electrons. The van der Waals surface area contributed by atoms with Crippen molar-refractivity contribution < 1.29 is 9.53 Å². The van der Waals surface area contributed by atoms with E-state index in [2.05, 4.69) is 12.2 Å². The van der Waals surface area contributed by atoms with Crippen molar-refractivity contribution in [1.29, 1.82) is 0 Å². The van der Waals surface area contributed by atoms with Crippen molar-refractivity contribution in [1.82, 2.24) is 5.32 Å². The number of nitrogens with one attached hydrogen (secondary N) is 1. The first-order valence-electron chi connectivity index (χ1n) is 10.5. The van der Waals surface area contributed by atoms with Gasteiger partial charge in [0.1, 0.15) is 5.75 Å². The molecule has 3 nitrogen and oxygen atoms in total. The van der Waals surface area contributed by atoms with Gasteiger partial charge in [-0.25, -0.2) is 0 Å². The fourth-order valence-electron chi connectivity index (χ4n) is 2.94. The normalized spacial score (nSPS) is 10.8. The molecular weight excluding hydrogens is 381 g/mol. The lowest BCUT2D eigenvalue weighted by atomic mass is 10.1. The predicted octanol–water partition coefficient (Wildman–Crippen LogP) is 7.19. The van der Waals surface area contributed by atoms with Crippen molar-refractivity contribution in [2.24, 2.45) is 0 Å². The van der Waals surface area contributed by atoms with Crippen LogP contribution < -0.4 is 10.1 Å². The lowest BCUT2D eigenvalue weighted by Crippen LogP contribution is -2.24. The third-order valence-corrected chi connectivity index (χ3v) is 5.08. The molecular formula is C22H35Cl2NO2. The minimum absolute atomic E-state index is 0.0942. The lowest BCUT2D eigenvalue weighted by Gasteiger charge is -2.08. The molecule has 0 aromatic heterocycles. The number of hydrogen-bond acceptors (Lipinski definition) is 2. The molecule has 0 aliphatic carbocycles.